The fourth-order valence-corrected chi connectivity index (χ4v) is 2.39. The summed E-state index contributed by atoms with van der Waals surface area (Å²) in [7, 11) is 0. The highest BCUT2D eigenvalue weighted by Crippen LogP contribution is 2.29. The van der Waals surface area contributed by atoms with Gasteiger partial charge in [-0.3, -0.25) is 10.1 Å². The second-order valence-corrected chi connectivity index (χ2v) is 4.70. The Hall–Kier alpha value is -1.74. The molecule has 0 saturated carbocycles. The maximum absolute atomic E-state index is 10.6. The second-order valence-electron chi connectivity index (χ2n) is 2.65. The summed E-state index contributed by atoms with van der Waals surface area (Å²) in [5.74, 6) is 0.112. The van der Waals surface area contributed by atoms with E-state index in [0.29, 0.717) is 9.37 Å². The van der Waals surface area contributed by atoms with Gasteiger partial charge in [0.05, 0.1) is 11.0 Å². The molecule has 0 amide bonds. The number of nitro groups is 1. The van der Waals surface area contributed by atoms with Crippen molar-refractivity contribution in [3.63, 3.8) is 0 Å². The number of nitrogens with zero attached hydrogens (tertiary/aromatic N) is 4. The van der Waals surface area contributed by atoms with Crippen LogP contribution in [-0.4, -0.2) is 19.3 Å². The van der Waals surface area contributed by atoms with Crippen molar-refractivity contribution in [1.82, 2.24) is 14.3 Å². The van der Waals surface area contributed by atoms with Gasteiger partial charge in [-0.15, -0.1) is 0 Å². The van der Waals surface area contributed by atoms with Crippen molar-refractivity contribution in [2.24, 2.45) is 0 Å². The normalized spacial score (nSPS) is 10.2. The van der Waals surface area contributed by atoms with Crippen molar-refractivity contribution >= 4 is 34.8 Å². The summed E-state index contributed by atoms with van der Waals surface area (Å²) in [6, 6.07) is 2.56. The number of hydrogen-bond donors (Lipinski definition) is 1. The average molecular weight is 255 g/mol. The Morgan fingerprint density at radius 1 is 1.50 bits per heavy atom. The van der Waals surface area contributed by atoms with E-state index in [1.807, 2.05) is 0 Å². The number of pyridine rings is 1. The lowest BCUT2D eigenvalue weighted by Gasteiger charge is -1.98. The first kappa shape index (κ1) is 10.8. The molecule has 9 heteroatoms. The van der Waals surface area contributed by atoms with Crippen LogP contribution < -0.4 is 5.73 Å². The molecule has 0 unspecified atom stereocenters. The molecule has 0 aliphatic heterocycles. The molecule has 0 atom stereocenters. The predicted octanol–water partition coefficient (Wildman–Crippen LogP) is 1.57. The van der Waals surface area contributed by atoms with Crippen LogP contribution in [-0.2, 0) is 0 Å². The molecule has 82 valence electrons. The lowest BCUT2D eigenvalue weighted by molar-refractivity contribution is -0.385. The van der Waals surface area contributed by atoms with Crippen LogP contribution in [0.15, 0.2) is 27.8 Å². The third kappa shape index (κ3) is 2.44. The molecule has 2 aromatic heterocycles. The Morgan fingerprint density at radius 2 is 2.31 bits per heavy atom. The Balaban J connectivity index is 2.31. The minimum absolute atomic E-state index is 0.0838. The maximum Gasteiger partial charge on any atom is 0.275 e. The molecule has 2 N–H and O–H groups in total. The van der Waals surface area contributed by atoms with E-state index < -0.39 is 4.92 Å². The molecular weight excluding hydrogens is 250 g/mol. The third-order valence-corrected chi connectivity index (χ3v) is 3.18. The van der Waals surface area contributed by atoms with E-state index in [0.717, 1.165) is 0 Å². The lowest BCUT2D eigenvalue weighted by atomic mass is 10.4. The van der Waals surface area contributed by atoms with Crippen molar-refractivity contribution in [3.05, 3.63) is 28.6 Å². The van der Waals surface area contributed by atoms with Crippen LogP contribution in [0.4, 0.5) is 11.5 Å². The molecule has 7 nitrogen and oxygen atoms in total. The van der Waals surface area contributed by atoms with E-state index in [1.165, 1.54) is 41.8 Å². The summed E-state index contributed by atoms with van der Waals surface area (Å²) in [5.41, 5.74) is 5.38. The van der Waals surface area contributed by atoms with Crippen molar-refractivity contribution in [2.75, 3.05) is 5.73 Å². The molecule has 0 aliphatic carbocycles. The van der Waals surface area contributed by atoms with E-state index in [2.05, 4.69) is 14.3 Å². The van der Waals surface area contributed by atoms with Gasteiger partial charge in [0, 0.05) is 6.07 Å². The number of rotatable bonds is 3. The lowest BCUT2D eigenvalue weighted by Crippen LogP contribution is -1.95. The molecule has 2 rings (SSSR count). The van der Waals surface area contributed by atoms with Gasteiger partial charge in [-0.25, -0.2) is 9.97 Å². The van der Waals surface area contributed by atoms with E-state index in [9.17, 15) is 10.1 Å². The topological polar surface area (TPSA) is 108 Å². The van der Waals surface area contributed by atoms with E-state index in [4.69, 9.17) is 5.73 Å². The van der Waals surface area contributed by atoms with Crippen LogP contribution in [0.3, 0.4) is 0 Å². The summed E-state index contributed by atoms with van der Waals surface area (Å²) in [6.07, 6.45) is 1.41. The molecule has 16 heavy (non-hydrogen) atoms. The van der Waals surface area contributed by atoms with Gasteiger partial charge in [0.15, 0.2) is 4.34 Å². The van der Waals surface area contributed by atoms with Crippen LogP contribution in [0.25, 0.3) is 0 Å². The SMILES string of the molecule is Nc1cc([N+](=O)[O-])cc(Sc2ncns2)n1. The van der Waals surface area contributed by atoms with Crippen molar-refractivity contribution in [2.45, 2.75) is 9.37 Å². The van der Waals surface area contributed by atoms with Gasteiger partial charge in [-0.2, -0.15) is 4.37 Å². The molecule has 0 radical (unpaired) electrons. The van der Waals surface area contributed by atoms with Gasteiger partial charge in [0.2, 0.25) is 0 Å². The van der Waals surface area contributed by atoms with Gasteiger partial charge in [-0.05, 0) is 23.3 Å². The first-order valence-electron chi connectivity index (χ1n) is 4.01. The van der Waals surface area contributed by atoms with Crippen LogP contribution >= 0.6 is 23.3 Å². The zero-order chi connectivity index (χ0) is 11.5. The number of anilines is 1. The van der Waals surface area contributed by atoms with Crippen LogP contribution in [0.5, 0.6) is 0 Å². The quantitative estimate of drug-likeness (QED) is 0.655. The van der Waals surface area contributed by atoms with E-state index in [1.54, 1.807) is 0 Å². The molecule has 0 bridgehead atoms. The Kier molecular flexibility index (Phi) is 2.97. The van der Waals surface area contributed by atoms with Crippen LogP contribution in [0, 0.1) is 10.1 Å². The van der Waals surface area contributed by atoms with Gasteiger partial charge in [0.25, 0.3) is 5.69 Å². The zero-order valence-electron chi connectivity index (χ0n) is 7.73. The highest BCUT2D eigenvalue weighted by atomic mass is 32.2. The molecule has 2 aromatic rings. The van der Waals surface area contributed by atoms with Gasteiger partial charge < -0.3 is 5.73 Å². The highest BCUT2D eigenvalue weighted by molar-refractivity contribution is 8.00. The number of nitrogens with two attached hydrogens (primary N) is 1. The van der Waals surface area contributed by atoms with Gasteiger partial charge in [-0.1, -0.05) is 0 Å². The first-order chi connectivity index (χ1) is 7.65. The van der Waals surface area contributed by atoms with E-state index >= 15 is 0 Å². The average Bonchev–Trinajstić information content (AvgIpc) is 2.69. The maximum atomic E-state index is 10.6. The fourth-order valence-electron chi connectivity index (χ4n) is 0.967. The Labute approximate surface area is 98.0 Å². The second kappa shape index (κ2) is 4.41. The Morgan fingerprint density at radius 3 is 2.94 bits per heavy atom. The fraction of sp³-hybridized carbons (Fsp3) is 0. The molecule has 0 fully saturated rings. The van der Waals surface area contributed by atoms with Gasteiger partial charge in [0.1, 0.15) is 17.2 Å². The standard InChI is InChI=1S/C7H5N5O2S2/c8-5-1-4(12(13)14)2-6(11-5)15-7-9-3-10-16-7/h1-3H,(H2,8,11). The number of nitrogen functional groups attached to an aromatic ring is 1. The van der Waals surface area contributed by atoms with E-state index in [-0.39, 0.29) is 11.5 Å². The molecule has 2 heterocycles. The minimum atomic E-state index is -0.512. The zero-order valence-corrected chi connectivity index (χ0v) is 9.36. The highest BCUT2D eigenvalue weighted by Gasteiger charge is 2.11. The van der Waals surface area contributed by atoms with Crippen LogP contribution in [0.2, 0.25) is 0 Å². The minimum Gasteiger partial charge on any atom is -0.383 e. The Bertz CT molecular complexity index is 516. The van der Waals surface area contributed by atoms with Crippen molar-refractivity contribution < 1.29 is 4.92 Å². The molecular formula is C7H5N5O2S2. The van der Waals surface area contributed by atoms with Gasteiger partial charge >= 0.3 is 0 Å². The molecule has 0 aliphatic rings. The first-order valence-corrected chi connectivity index (χ1v) is 5.60. The molecule has 0 spiro atoms. The van der Waals surface area contributed by atoms with Crippen molar-refractivity contribution in [1.29, 1.82) is 0 Å². The summed E-state index contributed by atoms with van der Waals surface area (Å²) >= 11 is 2.38. The smallest absolute Gasteiger partial charge is 0.275 e. The van der Waals surface area contributed by atoms with Crippen molar-refractivity contribution in [3.8, 4) is 0 Å². The molecule has 0 aromatic carbocycles. The van der Waals surface area contributed by atoms with Crippen LogP contribution in [0.1, 0.15) is 0 Å². The predicted molar refractivity (Wildman–Crippen MR) is 59.3 cm³/mol. The number of hydrogen-bond acceptors (Lipinski definition) is 8. The third-order valence-electron chi connectivity index (χ3n) is 1.55. The summed E-state index contributed by atoms with van der Waals surface area (Å²) in [4.78, 5) is 18.0. The summed E-state index contributed by atoms with van der Waals surface area (Å²) < 4.78 is 4.47. The summed E-state index contributed by atoms with van der Waals surface area (Å²) in [5, 5.41) is 11.0. The largest absolute Gasteiger partial charge is 0.383 e. The number of aromatic nitrogens is 3. The monoisotopic (exact) mass is 255 g/mol. The summed E-state index contributed by atoms with van der Waals surface area (Å²) in [6.45, 7) is 0. The molecule has 0 saturated heterocycles.